The van der Waals surface area contributed by atoms with E-state index in [9.17, 15) is 0 Å². The molecule has 0 saturated heterocycles. The largest absolute Gasteiger partial charge is 0.465 e. The molecule has 3 heteroatoms. The van der Waals surface area contributed by atoms with Crippen molar-refractivity contribution in [1.29, 1.82) is 0 Å². The molecule has 0 atom stereocenters. The average Bonchev–Trinajstić information content (AvgIpc) is 2.67. The quantitative estimate of drug-likeness (QED) is 0.873. The molecule has 2 N–H and O–H groups in total. The van der Waals surface area contributed by atoms with Crippen molar-refractivity contribution in [3.05, 3.63) is 23.7 Å². The van der Waals surface area contributed by atoms with Crippen LogP contribution in [0.15, 0.2) is 16.5 Å². The Labute approximate surface area is 104 Å². The third-order valence-corrected chi connectivity index (χ3v) is 3.68. The van der Waals surface area contributed by atoms with Crippen LogP contribution >= 0.6 is 0 Å². The van der Waals surface area contributed by atoms with Gasteiger partial charge in [-0.25, -0.2) is 0 Å². The van der Waals surface area contributed by atoms with Gasteiger partial charge in [-0.3, -0.25) is 4.90 Å². The second-order valence-corrected chi connectivity index (χ2v) is 5.49. The van der Waals surface area contributed by atoms with E-state index in [0.717, 1.165) is 30.5 Å². The molecule has 3 nitrogen and oxygen atoms in total. The summed E-state index contributed by atoms with van der Waals surface area (Å²) < 4.78 is 5.60. The topological polar surface area (TPSA) is 42.4 Å². The summed E-state index contributed by atoms with van der Waals surface area (Å²) in [6.07, 6.45) is 4.95. The molecule has 0 amide bonds. The van der Waals surface area contributed by atoms with Gasteiger partial charge in [0, 0.05) is 12.6 Å². The second kappa shape index (κ2) is 5.69. The van der Waals surface area contributed by atoms with Crippen molar-refractivity contribution >= 4 is 0 Å². The maximum absolute atomic E-state index is 5.93. The molecule has 1 heterocycles. The zero-order valence-corrected chi connectivity index (χ0v) is 11.0. The molecule has 1 aromatic heterocycles. The summed E-state index contributed by atoms with van der Waals surface area (Å²) in [6.45, 7) is 4.06. The maximum atomic E-state index is 5.93. The van der Waals surface area contributed by atoms with Crippen LogP contribution in [0.1, 0.15) is 37.2 Å². The van der Waals surface area contributed by atoms with Crippen molar-refractivity contribution in [3.63, 3.8) is 0 Å². The number of furan rings is 1. The first-order chi connectivity index (χ1) is 8.13. The summed E-state index contributed by atoms with van der Waals surface area (Å²) in [7, 11) is 2.17. The van der Waals surface area contributed by atoms with Gasteiger partial charge in [0.1, 0.15) is 11.5 Å². The molecule has 1 aliphatic carbocycles. The Morgan fingerprint density at radius 2 is 2.00 bits per heavy atom. The van der Waals surface area contributed by atoms with E-state index in [-0.39, 0.29) is 0 Å². The first kappa shape index (κ1) is 12.7. The summed E-state index contributed by atoms with van der Waals surface area (Å²) in [6, 6.07) is 4.55. The molecular weight excluding hydrogens is 212 g/mol. The zero-order chi connectivity index (χ0) is 12.3. The summed E-state index contributed by atoms with van der Waals surface area (Å²) >= 11 is 0. The maximum Gasteiger partial charge on any atom is 0.118 e. The molecule has 0 bridgehead atoms. The van der Waals surface area contributed by atoms with Crippen molar-refractivity contribution in [1.82, 2.24) is 4.90 Å². The summed E-state index contributed by atoms with van der Waals surface area (Å²) in [5.74, 6) is 2.88. The Morgan fingerprint density at radius 3 is 2.59 bits per heavy atom. The Hall–Kier alpha value is -0.800. The lowest BCUT2D eigenvalue weighted by Gasteiger charge is -2.29. The fourth-order valence-electron chi connectivity index (χ4n) is 2.71. The zero-order valence-electron chi connectivity index (χ0n) is 11.0. The van der Waals surface area contributed by atoms with Crippen LogP contribution < -0.4 is 5.73 Å². The van der Waals surface area contributed by atoms with Crippen molar-refractivity contribution in [2.45, 2.75) is 45.2 Å². The number of nitrogens with zero attached hydrogens (tertiary/aromatic N) is 1. The van der Waals surface area contributed by atoms with E-state index in [2.05, 4.69) is 18.0 Å². The summed E-state index contributed by atoms with van der Waals surface area (Å²) in [5, 5.41) is 0. The minimum atomic E-state index is 0.448. The standard InChI is InChI=1S/C14H24N2O/c1-11-3-8-14(17-11)10-16(2)9-12-4-6-13(15)7-5-12/h3,8,12-13H,4-7,9-10,15H2,1-2H3. The molecule has 17 heavy (non-hydrogen) atoms. The van der Waals surface area contributed by atoms with E-state index in [1.54, 1.807) is 0 Å². The second-order valence-electron chi connectivity index (χ2n) is 5.49. The Morgan fingerprint density at radius 1 is 1.29 bits per heavy atom. The SMILES string of the molecule is Cc1ccc(CN(C)CC2CCC(N)CC2)o1. The van der Waals surface area contributed by atoms with Crippen molar-refractivity contribution in [2.75, 3.05) is 13.6 Å². The van der Waals surface area contributed by atoms with Crippen molar-refractivity contribution in [3.8, 4) is 0 Å². The van der Waals surface area contributed by atoms with Crippen LogP contribution in [0, 0.1) is 12.8 Å². The van der Waals surface area contributed by atoms with Crippen LogP contribution in [0.2, 0.25) is 0 Å². The lowest BCUT2D eigenvalue weighted by Crippen LogP contribution is -2.32. The lowest BCUT2D eigenvalue weighted by atomic mass is 9.86. The third kappa shape index (κ3) is 3.86. The van der Waals surface area contributed by atoms with Crippen LogP contribution in [0.4, 0.5) is 0 Å². The van der Waals surface area contributed by atoms with E-state index in [0.29, 0.717) is 6.04 Å². The Balaban J connectivity index is 1.75. The molecule has 2 rings (SSSR count). The van der Waals surface area contributed by atoms with Gasteiger partial charge in [-0.15, -0.1) is 0 Å². The van der Waals surface area contributed by atoms with Gasteiger partial charge >= 0.3 is 0 Å². The first-order valence-electron chi connectivity index (χ1n) is 6.63. The van der Waals surface area contributed by atoms with Gasteiger partial charge in [-0.1, -0.05) is 0 Å². The fourth-order valence-corrected chi connectivity index (χ4v) is 2.71. The van der Waals surface area contributed by atoms with E-state index in [4.69, 9.17) is 10.2 Å². The highest BCUT2D eigenvalue weighted by Gasteiger charge is 2.19. The minimum Gasteiger partial charge on any atom is -0.465 e. The summed E-state index contributed by atoms with van der Waals surface area (Å²) in [5.41, 5.74) is 5.93. The molecule has 1 saturated carbocycles. The van der Waals surface area contributed by atoms with Gasteiger partial charge < -0.3 is 10.2 Å². The van der Waals surface area contributed by atoms with E-state index < -0.39 is 0 Å². The van der Waals surface area contributed by atoms with E-state index in [1.807, 2.05) is 13.0 Å². The third-order valence-electron chi connectivity index (χ3n) is 3.68. The van der Waals surface area contributed by atoms with Crippen molar-refractivity contribution < 1.29 is 4.42 Å². The van der Waals surface area contributed by atoms with Crippen LogP contribution in [0.25, 0.3) is 0 Å². The van der Waals surface area contributed by atoms with Crippen LogP contribution in [-0.2, 0) is 6.54 Å². The molecule has 96 valence electrons. The highest BCUT2D eigenvalue weighted by atomic mass is 16.3. The smallest absolute Gasteiger partial charge is 0.118 e. The normalized spacial score (nSPS) is 25.4. The number of hydrogen-bond donors (Lipinski definition) is 1. The average molecular weight is 236 g/mol. The summed E-state index contributed by atoms with van der Waals surface area (Å²) in [4.78, 5) is 2.36. The van der Waals surface area contributed by atoms with Gasteiger partial charge in [-0.05, 0) is 57.7 Å². The van der Waals surface area contributed by atoms with Crippen LogP contribution in [-0.4, -0.2) is 24.5 Å². The predicted octanol–water partition coefficient (Wildman–Crippen LogP) is 2.54. The first-order valence-corrected chi connectivity index (χ1v) is 6.63. The Bertz CT molecular complexity index is 340. The predicted molar refractivity (Wildman–Crippen MR) is 69.7 cm³/mol. The van der Waals surface area contributed by atoms with Crippen LogP contribution in [0.5, 0.6) is 0 Å². The highest BCUT2D eigenvalue weighted by molar-refractivity contribution is 5.05. The minimum absolute atomic E-state index is 0.448. The van der Waals surface area contributed by atoms with Gasteiger partial charge in [0.05, 0.1) is 6.54 Å². The molecule has 1 aliphatic rings. The number of aryl methyl sites for hydroxylation is 1. The van der Waals surface area contributed by atoms with E-state index >= 15 is 0 Å². The number of nitrogens with two attached hydrogens (primary N) is 1. The highest BCUT2D eigenvalue weighted by Crippen LogP contribution is 2.24. The van der Waals surface area contributed by atoms with Crippen molar-refractivity contribution in [2.24, 2.45) is 11.7 Å². The molecule has 0 radical (unpaired) electrons. The molecule has 0 aliphatic heterocycles. The molecule has 1 fully saturated rings. The molecule has 1 aromatic rings. The van der Waals surface area contributed by atoms with Gasteiger partial charge in [0.15, 0.2) is 0 Å². The van der Waals surface area contributed by atoms with Gasteiger partial charge in [0.25, 0.3) is 0 Å². The molecule has 0 unspecified atom stereocenters. The lowest BCUT2D eigenvalue weighted by molar-refractivity contribution is 0.208. The number of hydrogen-bond acceptors (Lipinski definition) is 3. The van der Waals surface area contributed by atoms with Crippen LogP contribution in [0.3, 0.4) is 0 Å². The number of rotatable bonds is 4. The molecule has 0 aromatic carbocycles. The molecular formula is C14H24N2O. The van der Waals surface area contributed by atoms with E-state index in [1.165, 1.54) is 25.7 Å². The Kier molecular flexibility index (Phi) is 4.24. The monoisotopic (exact) mass is 236 g/mol. The van der Waals surface area contributed by atoms with Gasteiger partial charge in [0.2, 0.25) is 0 Å². The molecule has 0 spiro atoms. The fraction of sp³-hybridized carbons (Fsp3) is 0.714. The van der Waals surface area contributed by atoms with Gasteiger partial charge in [-0.2, -0.15) is 0 Å².